The molecule has 2 N–H and O–H groups in total. The summed E-state index contributed by atoms with van der Waals surface area (Å²) in [6.07, 6.45) is 7.86. The van der Waals surface area contributed by atoms with E-state index in [4.69, 9.17) is 10.5 Å². The topological polar surface area (TPSA) is 50.8 Å². The standard InChI is InChI=1S/C16H29N3O/c1-12(2)13-5-7-16(8-6-13)11-18-15(17)19(16)10-14-4-3-9-20-14/h12-14H,3-11H2,1-2H3,(H2,17,18). The van der Waals surface area contributed by atoms with Gasteiger partial charge in [-0.2, -0.15) is 0 Å². The Morgan fingerprint density at radius 1 is 1.35 bits per heavy atom. The third kappa shape index (κ3) is 2.54. The molecule has 1 saturated heterocycles. The Kier molecular flexibility index (Phi) is 3.93. The fourth-order valence-electron chi connectivity index (χ4n) is 4.19. The molecule has 3 rings (SSSR count). The van der Waals surface area contributed by atoms with E-state index in [9.17, 15) is 0 Å². The lowest BCUT2D eigenvalue weighted by Crippen LogP contribution is -2.55. The summed E-state index contributed by atoms with van der Waals surface area (Å²) < 4.78 is 5.80. The third-order valence-electron chi connectivity index (χ3n) is 5.70. The zero-order valence-electron chi connectivity index (χ0n) is 13.0. The predicted molar refractivity (Wildman–Crippen MR) is 81.7 cm³/mol. The molecule has 0 radical (unpaired) electrons. The minimum Gasteiger partial charge on any atom is -0.376 e. The normalized spacial score (nSPS) is 38.0. The second kappa shape index (κ2) is 5.55. The zero-order chi connectivity index (χ0) is 14.2. The second-order valence-corrected chi connectivity index (χ2v) is 7.23. The van der Waals surface area contributed by atoms with Gasteiger partial charge < -0.3 is 15.4 Å². The number of nitrogens with two attached hydrogens (primary N) is 1. The number of hydrogen-bond donors (Lipinski definition) is 1. The molecule has 2 fully saturated rings. The van der Waals surface area contributed by atoms with Crippen LogP contribution in [0.4, 0.5) is 0 Å². The van der Waals surface area contributed by atoms with Crippen molar-refractivity contribution in [3.8, 4) is 0 Å². The van der Waals surface area contributed by atoms with Gasteiger partial charge in [-0.15, -0.1) is 0 Å². The van der Waals surface area contributed by atoms with E-state index >= 15 is 0 Å². The Labute approximate surface area is 122 Å². The summed E-state index contributed by atoms with van der Waals surface area (Å²) >= 11 is 0. The van der Waals surface area contributed by atoms with E-state index in [-0.39, 0.29) is 5.54 Å². The summed E-state index contributed by atoms with van der Waals surface area (Å²) in [4.78, 5) is 6.96. The number of guanidine groups is 1. The van der Waals surface area contributed by atoms with Crippen LogP contribution < -0.4 is 5.73 Å². The van der Waals surface area contributed by atoms with Gasteiger partial charge in [-0.3, -0.25) is 4.99 Å². The first-order valence-electron chi connectivity index (χ1n) is 8.30. The quantitative estimate of drug-likeness (QED) is 0.863. The Balaban J connectivity index is 1.66. The van der Waals surface area contributed by atoms with Gasteiger partial charge in [-0.25, -0.2) is 0 Å². The lowest BCUT2D eigenvalue weighted by molar-refractivity contribution is 0.0421. The van der Waals surface area contributed by atoms with Crippen LogP contribution in [0.15, 0.2) is 4.99 Å². The van der Waals surface area contributed by atoms with Gasteiger partial charge in [0.15, 0.2) is 5.96 Å². The van der Waals surface area contributed by atoms with Crippen LogP contribution in [0.2, 0.25) is 0 Å². The lowest BCUT2D eigenvalue weighted by Gasteiger charge is -2.45. The van der Waals surface area contributed by atoms with Crippen LogP contribution >= 0.6 is 0 Å². The van der Waals surface area contributed by atoms with Crippen LogP contribution in [0.3, 0.4) is 0 Å². The molecule has 4 nitrogen and oxygen atoms in total. The second-order valence-electron chi connectivity index (χ2n) is 7.23. The number of hydrogen-bond acceptors (Lipinski definition) is 4. The van der Waals surface area contributed by atoms with E-state index in [1.54, 1.807) is 0 Å². The molecule has 1 atom stereocenters. The van der Waals surface area contributed by atoms with Gasteiger partial charge in [-0.1, -0.05) is 13.8 Å². The highest BCUT2D eigenvalue weighted by molar-refractivity contribution is 5.81. The van der Waals surface area contributed by atoms with Crippen LogP contribution in [0.1, 0.15) is 52.4 Å². The summed E-state index contributed by atoms with van der Waals surface area (Å²) in [7, 11) is 0. The van der Waals surface area contributed by atoms with Gasteiger partial charge in [0.05, 0.1) is 18.2 Å². The van der Waals surface area contributed by atoms with E-state index in [0.29, 0.717) is 6.10 Å². The molecule has 0 aromatic heterocycles. The van der Waals surface area contributed by atoms with E-state index in [1.807, 2.05) is 0 Å². The van der Waals surface area contributed by atoms with Crippen LogP contribution in [0, 0.1) is 11.8 Å². The van der Waals surface area contributed by atoms with Crippen LogP contribution in [-0.2, 0) is 4.74 Å². The van der Waals surface area contributed by atoms with Crippen molar-refractivity contribution in [2.24, 2.45) is 22.6 Å². The molecule has 3 aliphatic rings. The Morgan fingerprint density at radius 3 is 2.70 bits per heavy atom. The van der Waals surface area contributed by atoms with Crippen molar-refractivity contribution in [3.05, 3.63) is 0 Å². The summed E-state index contributed by atoms with van der Waals surface area (Å²) in [5.74, 6) is 2.44. The minimum atomic E-state index is 0.210. The van der Waals surface area contributed by atoms with Gasteiger partial charge in [-0.05, 0) is 50.4 Å². The van der Waals surface area contributed by atoms with Crippen molar-refractivity contribution in [1.29, 1.82) is 0 Å². The van der Waals surface area contributed by atoms with Crippen molar-refractivity contribution in [1.82, 2.24) is 4.90 Å². The lowest BCUT2D eigenvalue weighted by atomic mass is 9.72. The first-order valence-corrected chi connectivity index (χ1v) is 8.30. The summed E-state index contributed by atoms with van der Waals surface area (Å²) in [6.45, 7) is 7.47. The van der Waals surface area contributed by atoms with Crippen LogP contribution in [-0.4, -0.2) is 42.2 Å². The molecular formula is C16H29N3O. The number of ether oxygens (including phenoxy) is 1. The van der Waals surface area contributed by atoms with E-state index in [1.165, 1.54) is 38.5 Å². The molecule has 1 spiro atoms. The van der Waals surface area contributed by atoms with Crippen molar-refractivity contribution >= 4 is 5.96 Å². The fourth-order valence-corrected chi connectivity index (χ4v) is 4.19. The summed E-state index contributed by atoms with van der Waals surface area (Å²) in [5, 5.41) is 0. The van der Waals surface area contributed by atoms with Gasteiger partial charge in [0.2, 0.25) is 0 Å². The van der Waals surface area contributed by atoms with Crippen molar-refractivity contribution in [3.63, 3.8) is 0 Å². The monoisotopic (exact) mass is 279 g/mol. The first-order chi connectivity index (χ1) is 9.61. The molecule has 0 aromatic rings. The minimum absolute atomic E-state index is 0.210. The highest BCUT2D eigenvalue weighted by Crippen LogP contribution is 2.41. The Morgan fingerprint density at radius 2 is 2.10 bits per heavy atom. The molecule has 0 aromatic carbocycles. The maximum atomic E-state index is 6.18. The molecule has 1 aliphatic carbocycles. The Bertz CT molecular complexity index is 366. The van der Waals surface area contributed by atoms with Gasteiger partial charge in [0, 0.05) is 13.2 Å². The number of nitrogens with zero attached hydrogens (tertiary/aromatic N) is 2. The molecule has 4 heteroatoms. The molecule has 0 amide bonds. The maximum absolute atomic E-state index is 6.18. The average molecular weight is 279 g/mol. The molecule has 20 heavy (non-hydrogen) atoms. The molecule has 114 valence electrons. The number of aliphatic imine (C=N–C) groups is 1. The molecule has 0 bridgehead atoms. The number of rotatable bonds is 3. The largest absolute Gasteiger partial charge is 0.376 e. The van der Waals surface area contributed by atoms with Crippen LogP contribution in [0.5, 0.6) is 0 Å². The van der Waals surface area contributed by atoms with Crippen LogP contribution in [0.25, 0.3) is 0 Å². The van der Waals surface area contributed by atoms with Gasteiger partial charge >= 0.3 is 0 Å². The predicted octanol–water partition coefficient (Wildman–Crippen LogP) is 2.38. The van der Waals surface area contributed by atoms with Crippen molar-refractivity contribution in [2.75, 3.05) is 19.7 Å². The summed E-state index contributed by atoms with van der Waals surface area (Å²) in [5.41, 5.74) is 6.39. The highest BCUT2D eigenvalue weighted by atomic mass is 16.5. The molecule has 2 aliphatic heterocycles. The molecular weight excluding hydrogens is 250 g/mol. The highest BCUT2D eigenvalue weighted by Gasteiger charge is 2.45. The maximum Gasteiger partial charge on any atom is 0.191 e. The van der Waals surface area contributed by atoms with Gasteiger partial charge in [0.25, 0.3) is 0 Å². The molecule has 2 heterocycles. The Hall–Kier alpha value is -0.770. The molecule has 1 saturated carbocycles. The van der Waals surface area contributed by atoms with E-state index in [2.05, 4.69) is 23.7 Å². The summed E-state index contributed by atoms with van der Waals surface area (Å²) in [6, 6.07) is 0. The van der Waals surface area contributed by atoms with Crippen molar-refractivity contribution < 1.29 is 4.74 Å². The molecule has 1 unspecified atom stereocenters. The fraction of sp³-hybridized carbons (Fsp3) is 0.938. The average Bonchev–Trinajstić information content (AvgIpc) is 3.04. The van der Waals surface area contributed by atoms with E-state index < -0.39 is 0 Å². The first kappa shape index (κ1) is 14.2. The van der Waals surface area contributed by atoms with E-state index in [0.717, 1.165) is 37.5 Å². The van der Waals surface area contributed by atoms with Crippen molar-refractivity contribution in [2.45, 2.75) is 64.0 Å². The smallest absolute Gasteiger partial charge is 0.191 e. The van der Waals surface area contributed by atoms with Gasteiger partial charge in [0.1, 0.15) is 0 Å². The SMILES string of the molecule is CC(C)C1CCC2(CC1)CN=C(N)N2CC1CCCO1. The third-order valence-corrected chi connectivity index (χ3v) is 5.70. The zero-order valence-corrected chi connectivity index (χ0v) is 13.0.